The van der Waals surface area contributed by atoms with Crippen molar-refractivity contribution in [2.24, 2.45) is 0 Å². The van der Waals surface area contributed by atoms with Crippen molar-refractivity contribution in [1.29, 1.82) is 0 Å². The Morgan fingerprint density at radius 3 is 2.75 bits per heavy atom. The van der Waals surface area contributed by atoms with Crippen LogP contribution in [0.15, 0.2) is 24.3 Å². The smallest absolute Gasteiger partial charge is 0.323 e. The summed E-state index contributed by atoms with van der Waals surface area (Å²) in [6.07, 6.45) is 0.866. The first kappa shape index (κ1) is 11.1. The second-order valence-electron chi connectivity index (χ2n) is 3.90. The molecule has 0 aromatic heterocycles. The molecular formula is C12H14FNO2. The second kappa shape index (κ2) is 4.61. The van der Waals surface area contributed by atoms with E-state index in [9.17, 15) is 9.18 Å². The number of esters is 1. The maximum absolute atomic E-state index is 12.8. The van der Waals surface area contributed by atoms with Gasteiger partial charge in [-0.15, -0.1) is 0 Å². The molecule has 1 aliphatic rings. The molecule has 16 heavy (non-hydrogen) atoms. The number of methoxy groups -OCH3 is 1. The molecule has 0 radical (unpaired) electrons. The van der Waals surface area contributed by atoms with Crippen molar-refractivity contribution < 1.29 is 13.9 Å². The molecule has 1 heterocycles. The molecule has 2 rings (SSSR count). The zero-order chi connectivity index (χ0) is 11.5. The molecule has 0 bridgehead atoms. The first-order chi connectivity index (χ1) is 7.72. The van der Waals surface area contributed by atoms with Crippen molar-refractivity contribution >= 4 is 5.97 Å². The Morgan fingerprint density at radius 2 is 2.12 bits per heavy atom. The fourth-order valence-corrected chi connectivity index (χ4v) is 2.15. The molecule has 1 aliphatic heterocycles. The summed E-state index contributed by atoms with van der Waals surface area (Å²) in [7, 11) is 1.38. The standard InChI is InChI=1S/C12H14FNO2/c1-16-12(15)11-10(6-7-14-11)8-2-4-9(13)5-3-8/h2-5,10-11,14H,6-7H2,1H3/t10-,11+/m0/s1. The van der Waals surface area contributed by atoms with Gasteiger partial charge in [-0.2, -0.15) is 0 Å². The van der Waals surface area contributed by atoms with E-state index in [0.29, 0.717) is 0 Å². The van der Waals surface area contributed by atoms with Crippen molar-refractivity contribution in [2.45, 2.75) is 18.4 Å². The summed E-state index contributed by atoms with van der Waals surface area (Å²) in [5.41, 5.74) is 0.974. The maximum Gasteiger partial charge on any atom is 0.323 e. The molecule has 0 amide bonds. The van der Waals surface area contributed by atoms with Crippen LogP contribution >= 0.6 is 0 Å². The summed E-state index contributed by atoms with van der Waals surface area (Å²) >= 11 is 0. The van der Waals surface area contributed by atoms with Gasteiger partial charge in [-0.05, 0) is 30.7 Å². The minimum atomic E-state index is -0.310. The summed E-state index contributed by atoms with van der Waals surface area (Å²) in [6, 6.07) is 5.98. The fraction of sp³-hybridized carbons (Fsp3) is 0.417. The van der Waals surface area contributed by atoms with Gasteiger partial charge in [-0.3, -0.25) is 4.79 Å². The molecule has 1 saturated heterocycles. The van der Waals surface area contributed by atoms with Crippen LogP contribution in [0.1, 0.15) is 17.9 Å². The molecular weight excluding hydrogens is 209 g/mol. The molecule has 0 spiro atoms. The van der Waals surface area contributed by atoms with E-state index in [1.807, 2.05) is 0 Å². The number of carbonyl (C=O) groups excluding carboxylic acids is 1. The Balaban J connectivity index is 2.19. The third-order valence-corrected chi connectivity index (χ3v) is 2.98. The van der Waals surface area contributed by atoms with Crippen molar-refractivity contribution in [3.05, 3.63) is 35.6 Å². The zero-order valence-corrected chi connectivity index (χ0v) is 9.07. The molecule has 3 nitrogen and oxygen atoms in total. The van der Waals surface area contributed by atoms with E-state index in [2.05, 4.69) is 5.32 Å². The molecule has 1 fully saturated rings. The average Bonchev–Trinajstić information content (AvgIpc) is 2.78. The van der Waals surface area contributed by atoms with E-state index in [0.717, 1.165) is 18.5 Å². The number of hydrogen-bond acceptors (Lipinski definition) is 3. The van der Waals surface area contributed by atoms with Crippen LogP contribution < -0.4 is 5.32 Å². The lowest BCUT2D eigenvalue weighted by Gasteiger charge is -2.17. The molecule has 1 aromatic carbocycles. The van der Waals surface area contributed by atoms with Crippen molar-refractivity contribution in [1.82, 2.24) is 5.32 Å². The monoisotopic (exact) mass is 223 g/mol. The van der Waals surface area contributed by atoms with E-state index in [4.69, 9.17) is 4.74 Å². The number of benzene rings is 1. The van der Waals surface area contributed by atoms with Gasteiger partial charge in [0.25, 0.3) is 0 Å². The van der Waals surface area contributed by atoms with Gasteiger partial charge in [0.1, 0.15) is 11.9 Å². The largest absolute Gasteiger partial charge is 0.468 e. The minimum absolute atomic E-state index is 0.0769. The van der Waals surface area contributed by atoms with Crippen LogP contribution in [0.4, 0.5) is 4.39 Å². The highest BCUT2D eigenvalue weighted by molar-refractivity contribution is 5.77. The lowest BCUT2D eigenvalue weighted by molar-refractivity contribution is -0.143. The molecule has 0 aliphatic carbocycles. The van der Waals surface area contributed by atoms with E-state index in [1.165, 1.54) is 19.2 Å². The van der Waals surface area contributed by atoms with E-state index in [1.54, 1.807) is 12.1 Å². The van der Waals surface area contributed by atoms with E-state index in [-0.39, 0.29) is 23.7 Å². The third kappa shape index (κ3) is 2.07. The van der Waals surface area contributed by atoms with E-state index >= 15 is 0 Å². The van der Waals surface area contributed by atoms with Crippen LogP contribution in [0.5, 0.6) is 0 Å². The van der Waals surface area contributed by atoms with Gasteiger partial charge in [0.05, 0.1) is 7.11 Å². The fourth-order valence-electron chi connectivity index (χ4n) is 2.15. The van der Waals surface area contributed by atoms with Crippen molar-refractivity contribution in [3.8, 4) is 0 Å². The number of ether oxygens (including phenoxy) is 1. The highest BCUT2D eigenvalue weighted by atomic mass is 19.1. The third-order valence-electron chi connectivity index (χ3n) is 2.98. The van der Waals surface area contributed by atoms with E-state index < -0.39 is 0 Å². The Hall–Kier alpha value is -1.42. The Morgan fingerprint density at radius 1 is 1.44 bits per heavy atom. The Kier molecular flexibility index (Phi) is 3.19. The van der Waals surface area contributed by atoms with Gasteiger partial charge in [0.15, 0.2) is 0 Å². The highest BCUT2D eigenvalue weighted by Gasteiger charge is 2.34. The number of carbonyl (C=O) groups is 1. The number of rotatable bonds is 2. The SMILES string of the molecule is COC(=O)[C@@H]1NCC[C@H]1c1ccc(F)cc1. The molecule has 86 valence electrons. The Labute approximate surface area is 93.6 Å². The van der Waals surface area contributed by atoms with Crippen molar-refractivity contribution in [2.75, 3.05) is 13.7 Å². The van der Waals surface area contributed by atoms with Crippen molar-refractivity contribution in [3.63, 3.8) is 0 Å². The van der Waals surface area contributed by atoms with Crippen LogP contribution in [0.2, 0.25) is 0 Å². The number of halogens is 1. The van der Waals surface area contributed by atoms with Crippen LogP contribution in [0.3, 0.4) is 0 Å². The number of hydrogen-bond donors (Lipinski definition) is 1. The maximum atomic E-state index is 12.8. The van der Waals surface area contributed by atoms with Crippen LogP contribution in [0.25, 0.3) is 0 Å². The topological polar surface area (TPSA) is 38.3 Å². The number of nitrogens with one attached hydrogen (secondary N) is 1. The van der Waals surface area contributed by atoms with Crippen LogP contribution in [-0.4, -0.2) is 25.7 Å². The van der Waals surface area contributed by atoms with Gasteiger partial charge in [-0.25, -0.2) is 4.39 Å². The zero-order valence-electron chi connectivity index (χ0n) is 9.07. The highest BCUT2D eigenvalue weighted by Crippen LogP contribution is 2.28. The van der Waals surface area contributed by atoms with Gasteiger partial charge in [-0.1, -0.05) is 12.1 Å². The average molecular weight is 223 g/mol. The first-order valence-corrected chi connectivity index (χ1v) is 5.29. The normalized spacial score (nSPS) is 24.4. The molecule has 1 aromatic rings. The van der Waals surface area contributed by atoms with Gasteiger partial charge in [0, 0.05) is 5.92 Å². The summed E-state index contributed by atoms with van der Waals surface area (Å²) in [5, 5.41) is 3.10. The summed E-state index contributed by atoms with van der Waals surface area (Å²) < 4.78 is 17.5. The molecule has 2 atom stereocenters. The predicted octanol–water partition coefficient (Wildman–Crippen LogP) is 1.44. The summed E-state index contributed by atoms with van der Waals surface area (Å²) in [5.74, 6) is -0.441. The molecule has 4 heteroatoms. The van der Waals surface area contributed by atoms with Gasteiger partial charge < -0.3 is 10.1 Å². The lowest BCUT2D eigenvalue weighted by atomic mass is 9.92. The van der Waals surface area contributed by atoms with Crippen LogP contribution in [-0.2, 0) is 9.53 Å². The summed E-state index contributed by atoms with van der Waals surface area (Å²) in [6.45, 7) is 0.780. The van der Waals surface area contributed by atoms with Gasteiger partial charge in [0.2, 0.25) is 0 Å². The Bertz CT molecular complexity index is 377. The molecule has 0 unspecified atom stereocenters. The predicted molar refractivity (Wildman–Crippen MR) is 57.6 cm³/mol. The summed E-state index contributed by atoms with van der Waals surface area (Å²) in [4.78, 5) is 11.5. The van der Waals surface area contributed by atoms with Crippen LogP contribution in [0, 0.1) is 5.82 Å². The van der Waals surface area contributed by atoms with Gasteiger partial charge >= 0.3 is 5.97 Å². The quantitative estimate of drug-likeness (QED) is 0.771. The molecule has 1 N–H and O–H groups in total. The first-order valence-electron chi connectivity index (χ1n) is 5.29. The molecule has 0 saturated carbocycles. The second-order valence-corrected chi connectivity index (χ2v) is 3.90. The minimum Gasteiger partial charge on any atom is -0.468 e. The lowest BCUT2D eigenvalue weighted by Crippen LogP contribution is -2.35.